The summed E-state index contributed by atoms with van der Waals surface area (Å²) in [5, 5.41) is 9.45. The molecule has 0 radical (unpaired) electrons. The first-order chi connectivity index (χ1) is 6.91. The molecule has 3 N–H and O–H groups in total. The zero-order chi connectivity index (χ0) is 11.5. The van der Waals surface area contributed by atoms with Gasteiger partial charge in [0.15, 0.2) is 0 Å². The zero-order valence-electron chi connectivity index (χ0n) is 10.2. The Morgan fingerprint density at radius 2 is 2.07 bits per heavy atom. The number of hydrogen-bond donors (Lipinski definition) is 3. The molecule has 1 saturated heterocycles. The average molecular weight is 213 g/mol. The summed E-state index contributed by atoms with van der Waals surface area (Å²) in [6.07, 6.45) is 0. The molecule has 0 aromatic rings. The second-order valence-corrected chi connectivity index (χ2v) is 5.31. The molecule has 0 spiro atoms. The first-order valence-corrected chi connectivity index (χ1v) is 5.66. The molecule has 15 heavy (non-hydrogen) atoms. The molecule has 0 bridgehead atoms. The van der Waals surface area contributed by atoms with Crippen LogP contribution in [0.3, 0.4) is 0 Å². The van der Waals surface area contributed by atoms with Crippen LogP contribution in [0.1, 0.15) is 27.7 Å². The van der Waals surface area contributed by atoms with Gasteiger partial charge >= 0.3 is 0 Å². The van der Waals surface area contributed by atoms with E-state index in [4.69, 9.17) is 0 Å². The van der Waals surface area contributed by atoms with Crippen molar-refractivity contribution >= 4 is 5.91 Å². The maximum absolute atomic E-state index is 11.8. The van der Waals surface area contributed by atoms with Crippen molar-refractivity contribution in [2.75, 3.05) is 19.6 Å². The molecular formula is C11H23N3O. The van der Waals surface area contributed by atoms with Gasteiger partial charge in [0.2, 0.25) is 5.91 Å². The van der Waals surface area contributed by atoms with Crippen molar-refractivity contribution in [3.8, 4) is 0 Å². The molecule has 4 heteroatoms. The van der Waals surface area contributed by atoms with Crippen LogP contribution in [0.4, 0.5) is 0 Å². The van der Waals surface area contributed by atoms with Crippen molar-refractivity contribution < 1.29 is 4.79 Å². The lowest BCUT2D eigenvalue weighted by molar-refractivity contribution is -0.124. The average Bonchev–Trinajstić information content (AvgIpc) is 2.17. The summed E-state index contributed by atoms with van der Waals surface area (Å²) in [4.78, 5) is 11.8. The molecule has 1 rings (SSSR count). The lowest BCUT2D eigenvalue weighted by Gasteiger charge is -2.31. The van der Waals surface area contributed by atoms with Crippen LogP contribution in [0.15, 0.2) is 0 Å². The van der Waals surface area contributed by atoms with E-state index in [-0.39, 0.29) is 23.4 Å². The maximum Gasteiger partial charge on any atom is 0.238 e. The summed E-state index contributed by atoms with van der Waals surface area (Å²) in [6.45, 7) is 11.0. The number of rotatable bonds is 2. The van der Waals surface area contributed by atoms with E-state index in [2.05, 4.69) is 36.7 Å². The molecule has 4 nitrogen and oxygen atoms in total. The van der Waals surface area contributed by atoms with Crippen molar-refractivity contribution in [2.24, 2.45) is 5.41 Å². The molecule has 1 amide bonds. The molecule has 1 aliphatic heterocycles. The normalized spacial score (nSPS) is 24.7. The highest BCUT2D eigenvalue weighted by Crippen LogP contribution is 2.18. The van der Waals surface area contributed by atoms with Crippen molar-refractivity contribution in [2.45, 2.75) is 39.8 Å². The molecule has 1 fully saturated rings. The van der Waals surface area contributed by atoms with Gasteiger partial charge in [0.05, 0.1) is 6.04 Å². The third-order valence-corrected chi connectivity index (χ3v) is 3.02. The Hall–Kier alpha value is -0.610. The first kappa shape index (κ1) is 12.5. The van der Waals surface area contributed by atoms with Crippen LogP contribution >= 0.6 is 0 Å². The monoisotopic (exact) mass is 213 g/mol. The fraction of sp³-hybridized carbons (Fsp3) is 0.909. The lowest BCUT2D eigenvalue weighted by atomic mass is 9.88. The van der Waals surface area contributed by atoms with Crippen LogP contribution in [-0.4, -0.2) is 37.6 Å². The predicted octanol–water partition coefficient (Wildman–Crippen LogP) is 0.0986. The highest BCUT2D eigenvalue weighted by Gasteiger charge is 2.26. The van der Waals surface area contributed by atoms with Gasteiger partial charge < -0.3 is 16.0 Å². The molecule has 1 aliphatic rings. The second kappa shape index (κ2) is 4.94. The maximum atomic E-state index is 11.8. The van der Waals surface area contributed by atoms with E-state index in [1.165, 1.54) is 0 Å². The smallest absolute Gasteiger partial charge is 0.238 e. The zero-order valence-corrected chi connectivity index (χ0v) is 10.2. The van der Waals surface area contributed by atoms with Gasteiger partial charge in [-0.3, -0.25) is 4.79 Å². The largest absolute Gasteiger partial charge is 0.352 e. The Bertz CT molecular complexity index is 216. The van der Waals surface area contributed by atoms with Gasteiger partial charge in [-0.2, -0.15) is 0 Å². The van der Waals surface area contributed by atoms with Crippen LogP contribution in [0.2, 0.25) is 0 Å². The van der Waals surface area contributed by atoms with Crippen LogP contribution < -0.4 is 16.0 Å². The highest BCUT2D eigenvalue weighted by molar-refractivity contribution is 5.82. The van der Waals surface area contributed by atoms with E-state index in [1.807, 2.05) is 6.92 Å². The molecule has 1 heterocycles. The summed E-state index contributed by atoms with van der Waals surface area (Å²) >= 11 is 0. The van der Waals surface area contributed by atoms with E-state index in [1.54, 1.807) is 0 Å². The summed E-state index contributed by atoms with van der Waals surface area (Å²) < 4.78 is 0. The fourth-order valence-electron chi connectivity index (χ4n) is 1.37. The van der Waals surface area contributed by atoms with Gasteiger partial charge in [0.25, 0.3) is 0 Å². The Kier molecular flexibility index (Phi) is 4.11. The topological polar surface area (TPSA) is 53.2 Å². The van der Waals surface area contributed by atoms with E-state index in [9.17, 15) is 4.79 Å². The molecule has 2 atom stereocenters. The van der Waals surface area contributed by atoms with Gasteiger partial charge in [0.1, 0.15) is 0 Å². The van der Waals surface area contributed by atoms with E-state index in [0.29, 0.717) is 0 Å². The van der Waals surface area contributed by atoms with Gasteiger partial charge in [-0.15, -0.1) is 0 Å². The Morgan fingerprint density at radius 3 is 2.53 bits per heavy atom. The van der Waals surface area contributed by atoms with Crippen LogP contribution in [0.25, 0.3) is 0 Å². The van der Waals surface area contributed by atoms with E-state index in [0.717, 1.165) is 19.6 Å². The lowest BCUT2D eigenvalue weighted by Crippen LogP contribution is -2.58. The quantitative estimate of drug-likeness (QED) is 0.610. The molecule has 0 aromatic carbocycles. The third kappa shape index (κ3) is 3.80. The highest BCUT2D eigenvalue weighted by atomic mass is 16.2. The van der Waals surface area contributed by atoms with Gasteiger partial charge in [-0.25, -0.2) is 0 Å². The first-order valence-electron chi connectivity index (χ1n) is 5.66. The van der Waals surface area contributed by atoms with Crippen LogP contribution in [0.5, 0.6) is 0 Å². The van der Waals surface area contributed by atoms with Gasteiger partial charge in [-0.1, -0.05) is 20.8 Å². The molecule has 88 valence electrons. The number of nitrogens with one attached hydrogen (secondary N) is 3. The molecule has 0 aromatic heterocycles. The fourth-order valence-corrected chi connectivity index (χ4v) is 1.37. The molecular weight excluding hydrogens is 190 g/mol. The van der Waals surface area contributed by atoms with E-state index >= 15 is 0 Å². The van der Waals surface area contributed by atoms with Gasteiger partial charge in [-0.05, 0) is 12.3 Å². The Balaban J connectivity index is 2.40. The Labute approximate surface area is 92.2 Å². The Morgan fingerprint density at radius 1 is 1.40 bits per heavy atom. The van der Waals surface area contributed by atoms with Crippen molar-refractivity contribution in [1.29, 1.82) is 0 Å². The van der Waals surface area contributed by atoms with Gasteiger partial charge in [0, 0.05) is 25.7 Å². The van der Waals surface area contributed by atoms with Crippen LogP contribution in [-0.2, 0) is 4.79 Å². The number of piperazine rings is 1. The number of carbonyl (C=O) groups is 1. The molecule has 0 aliphatic carbocycles. The van der Waals surface area contributed by atoms with Crippen LogP contribution in [0, 0.1) is 5.41 Å². The summed E-state index contributed by atoms with van der Waals surface area (Å²) in [5.41, 5.74) is 0.109. The van der Waals surface area contributed by atoms with Crippen molar-refractivity contribution in [3.05, 3.63) is 0 Å². The number of amides is 1. The summed E-state index contributed by atoms with van der Waals surface area (Å²) in [7, 11) is 0. The standard InChI is InChI=1S/C11H23N3O/c1-8(11(2,3)4)14-10(15)9-7-12-5-6-13-9/h8-9,12-13H,5-7H2,1-4H3,(H,14,15). The summed E-state index contributed by atoms with van der Waals surface area (Å²) in [6, 6.07) is 0.109. The van der Waals surface area contributed by atoms with Crippen molar-refractivity contribution in [3.63, 3.8) is 0 Å². The van der Waals surface area contributed by atoms with E-state index < -0.39 is 0 Å². The second-order valence-electron chi connectivity index (χ2n) is 5.31. The molecule has 0 saturated carbocycles. The third-order valence-electron chi connectivity index (χ3n) is 3.02. The van der Waals surface area contributed by atoms with Crippen molar-refractivity contribution in [1.82, 2.24) is 16.0 Å². The minimum Gasteiger partial charge on any atom is -0.352 e. The molecule has 2 unspecified atom stereocenters. The number of hydrogen-bond acceptors (Lipinski definition) is 3. The minimum absolute atomic E-state index is 0.0800. The SMILES string of the molecule is CC(NC(=O)C1CNCCN1)C(C)(C)C. The summed E-state index contributed by atoms with van der Waals surface area (Å²) in [5.74, 6) is 0.102. The number of carbonyl (C=O) groups excluding carboxylic acids is 1. The predicted molar refractivity (Wildman–Crippen MR) is 61.7 cm³/mol. The minimum atomic E-state index is -0.0800.